The third-order valence-corrected chi connectivity index (χ3v) is 2.39. The molecule has 0 aliphatic rings. The minimum Gasteiger partial charge on any atom is -0.325 e. The molecule has 1 heterocycles. The number of benzene rings is 1. The van der Waals surface area contributed by atoms with E-state index in [0.717, 1.165) is 17.8 Å². The molecule has 1 aromatic heterocycles. The number of aryl methyl sites for hydroxylation is 1. The summed E-state index contributed by atoms with van der Waals surface area (Å²) in [6, 6.07) is 8.24. The fraction of sp³-hybridized carbons (Fsp3) is 0.273. The van der Waals surface area contributed by atoms with Gasteiger partial charge in [-0.05, 0) is 24.1 Å². The highest BCUT2D eigenvalue weighted by atomic mass is 15.4. The van der Waals surface area contributed by atoms with Crippen molar-refractivity contribution >= 4 is 0 Å². The molecule has 0 saturated carbocycles. The van der Waals surface area contributed by atoms with E-state index >= 15 is 0 Å². The Morgan fingerprint density at radius 1 is 1.40 bits per heavy atom. The maximum atomic E-state index is 5.60. The van der Waals surface area contributed by atoms with Crippen molar-refractivity contribution in [3.63, 3.8) is 0 Å². The lowest BCUT2D eigenvalue weighted by Gasteiger charge is -2.05. The molecular weight excluding hydrogens is 188 g/mol. The summed E-state index contributed by atoms with van der Waals surface area (Å²) < 4.78 is 1.78. The first-order valence-electron chi connectivity index (χ1n) is 5.04. The highest BCUT2D eigenvalue weighted by Gasteiger charge is 2.04. The van der Waals surface area contributed by atoms with Gasteiger partial charge in [-0.3, -0.25) is 0 Å². The maximum Gasteiger partial charge on any atom is 0.0781 e. The monoisotopic (exact) mass is 202 g/mol. The summed E-state index contributed by atoms with van der Waals surface area (Å²) in [5, 5.41) is 7.88. The quantitative estimate of drug-likeness (QED) is 0.815. The molecule has 15 heavy (non-hydrogen) atoms. The average Bonchev–Trinajstić information content (AvgIpc) is 2.77. The summed E-state index contributed by atoms with van der Waals surface area (Å²) in [4.78, 5) is 0. The number of rotatable bonds is 3. The highest BCUT2D eigenvalue weighted by molar-refractivity contribution is 5.36. The van der Waals surface area contributed by atoms with Crippen LogP contribution >= 0.6 is 0 Å². The minimum atomic E-state index is 0.448. The van der Waals surface area contributed by atoms with Crippen LogP contribution < -0.4 is 5.73 Å². The fourth-order valence-corrected chi connectivity index (χ4v) is 1.52. The average molecular weight is 202 g/mol. The van der Waals surface area contributed by atoms with E-state index in [2.05, 4.69) is 29.4 Å². The largest absolute Gasteiger partial charge is 0.325 e. The summed E-state index contributed by atoms with van der Waals surface area (Å²) in [6.45, 7) is 2.58. The van der Waals surface area contributed by atoms with E-state index in [-0.39, 0.29) is 0 Å². The van der Waals surface area contributed by atoms with Crippen molar-refractivity contribution in [2.45, 2.75) is 19.9 Å². The van der Waals surface area contributed by atoms with E-state index in [9.17, 15) is 0 Å². The van der Waals surface area contributed by atoms with E-state index in [1.54, 1.807) is 10.9 Å². The van der Waals surface area contributed by atoms with Gasteiger partial charge in [-0.2, -0.15) is 0 Å². The van der Waals surface area contributed by atoms with Crippen LogP contribution in [0, 0.1) is 0 Å². The predicted molar refractivity (Wildman–Crippen MR) is 58.6 cm³/mol. The normalized spacial score (nSPS) is 10.5. The van der Waals surface area contributed by atoms with Crippen molar-refractivity contribution in [3.8, 4) is 5.69 Å². The zero-order valence-corrected chi connectivity index (χ0v) is 8.72. The Bertz CT molecular complexity index is 447. The molecule has 78 valence electrons. The second-order valence-corrected chi connectivity index (χ2v) is 3.36. The van der Waals surface area contributed by atoms with Crippen LogP contribution in [0.3, 0.4) is 0 Å². The Balaban J connectivity index is 2.44. The molecule has 0 amide bonds. The number of nitrogens with zero attached hydrogens (tertiary/aromatic N) is 3. The van der Waals surface area contributed by atoms with E-state index in [0.29, 0.717) is 6.54 Å². The van der Waals surface area contributed by atoms with E-state index in [1.807, 2.05) is 12.1 Å². The van der Waals surface area contributed by atoms with Gasteiger partial charge in [0.05, 0.1) is 17.6 Å². The molecule has 0 aliphatic carbocycles. The summed E-state index contributed by atoms with van der Waals surface area (Å²) >= 11 is 0. The summed E-state index contributed by atoms with van der Waals surface area (Å²) in [5.41, 5.74) is 8.83. The number of hydrogen-bond acceptors (Lipinski definition) is 3. The first kappa shape index (κ1) is 9.86. The van der Waals surface area contributed by atoms with Crippen LogP contribution in [0.25, 0.3) is 5.69 Å². The third kappa shape index (κ3) is 1.89. The second kappa shape index (κ2) is 4.23. The zero-order valence-electron chi connectivity index (χ0n) is 8.72. The van der Waals surface area contributed by atoms with Crippen LogP contribution in [-0.2, 0) is 13.0 Å². The Kier molecular flexibility index (Phi) is 2.78. The highest BCUT2D eigenvalue weighted by Crippen LogP contribution is 2.11. The van der Waals surface area contributed by atoms with Crippen molar-refractivity contribution in [3.05, 3.63) is 41.7 Å². The van der Waals surface area contributed by atoms with Crippen molar-refractivity contribution < 1.29 is 0 Å². The van der Waals surface area contributed by atoms with Gasteiger partial charge in [-0.1, -0.05) is 24.3 Å². The van der Waals surface area contributed by atoms with Crippen molar-refractivity contribution in [2.24, 2.45) is 5.73 Å². The lowest BCUT2D eigenvalue weighted by atomic mass is 10.1. The molecule has 4 nitrogen and oxygen atoms in total. The molecule has 0 saturated heterocycles. The zero-order chi connectivity index (χ0) is 10.7. The van der Waals surface area contributed by atoms with Crippen LogP contribution in [0.1, 0.15) is 18.2 Å². The van der Waals surface area contributed by atoms with E-state index in [4.69, 9.17) is 5.73 Å². The van der Waals surface area contributed by atoms with Crippen LogP contribution in [0.15, 0.2) is 30.5 Å². The number of hydrogen-bond donors (Lipinski definition) is 1. The second-order valence-electron chi connectivity index (χ2n) is 3.36. The predicted octanol–water partition coefficient (Wildman–Crippen LogP) is 1.29. The van der Waals surface area contributed by atoms with Gasteiger partial charge in [0.2, 0.25) is 0 Å². The smallest absolute Gasteiger partial charge is 0.0781 e. The molecule has 2 aromatic rings. The van der Waals surface area contributed by atoms with Gasteiger partial charge in [0.25, 0.3) is 0 Å². The molecule has 0 unspecified atom stereocenters. The van der Waals surface area contributed by atoms with Crippen molar-refractivity contribution in [2.75, 3.05) is 0 Å². The van der Waals surface area contributed by atoms with E-state index < -0.39 is 0 Å². The molecular formula is C11H14N4. The van der Waals surface area contributed by atoms with Crippen molar-refractivity contribution in [1.82, 2.24) is 15.0 Å². The van der Waals surface area contributed by atoms with Crippen LogP contribution in [0.4, 0.5) is 0 Å². The molecule has 0 bridgehead atoms. The topological polar surface area (TPSA) is 56.7 Å². The molecule has 1 aromatic carbocycles. The van der Waals surface area contributed by atoms with Gasteiger partial charge in [0.15, 0.2) is 0 Å². The Labute approximate surface area is 88.7 Å². The maximum absolute atomic E-state index is 5.60. The molecule has 0 aliphatic heterocycles. The van der Waals surface area contributed by atoms with Gasteiger partial charge in [-0.15, -0.1) is 5.10 Å². The molecule has 0 spiro atoms. The molecule has 0 fully saturated rings. The van der Waals surface area contributed by atoms with Crippen LogP contribution in [0.2, 0.25) is 0 Å². The molecule has 4 heteroatoms. The van der Waals surface area contributed by atoms with Gasteiger partial charge < -0.3 is 5.73 Å². The standard InChI is InChI=1S/C11H14N4/c1-2-9-4-3-5-10(6-9)15-11(7-12)8-13-14-15/h3-6,8H,2,7,12H2,1H3. The van der Waals surface area contributed by atoms with Gasteiger partial charge in [0, 0.05) is 6.54 Å². The number of aromatic nitrogens is 3. The van der Waals surface area contributed by atoms with Crippen molar-refractivity contribution in [1.29, 1.82) is 0 Å². The SMILES string of the molecule is CCc1cccc(-n2nncc2CN)c1. The molecule has 0 atom stereocenters. The Morgan fingerprint density at radius 2 is 2.27 bits per heavy atom. The van der Waals surface area contributed by atoms with Crippen LogP contribution in [0.5, 0.6) is 0 Å². The summed E-state index contributed by atoms with van der Waals surface area (Å²) in [5.74, 6) is 0. The lowest BCUT2D eigenvalue weighted by molar-refractivity contribution is 0.760. The molecule has 0 radical (unpaired) electrons. The fourth-order valence-electron chi connectivity index (χ4n) is 1.52. The van der Waals surface area contributed by atoms with E-state index in [1.165, 1.54) is 5.56 Å². The number of nitrogens with two attached hydrogens (primary N) is 1. The summed E-state index contributed by atoms with van der Waals surface area (Å²) in [7, 11) is 0. The van der Waals surface area contributed by atoms with Gasteiger partial charge in [0.1, 0.15) is 0 Å². The molecule has 2 N–H and O–H groups in total. The third-order valence-electron chi connectivity index (χ3n) is 2.39. The van der Waals surface area contributed by atoms with Crippen LogP contribution in [-0.4, -0.2) is 15.0 Å². The molecule has 2 rings (SSSR count). The summed E-state index contributed by atoms with van der Waals surface area (Å²) in [6.07, 6.45) is 2.71. The first-order chi connectivity index (χ1) is 7.35. The first-order valence-corrected chi connectivity index (χ1v) is 5.04. The van der Waals surface area contributed by atoms with Gasteiger partial charge in [-0.25, -0.2) is 4.68 Å². The lowest BCUT2D eigenvalue weighted by Crippen LogP contribution is -2.07. The minimum absolute atomic E-state index is 0.448. The van der Waals surface area contributed by atoms with Gasteiger partial charge >= 0.3 is 0 Å². The Morgan fingerprint density at radius 3 is 3.00 bits per heavy atom. The Hall–Kier alpha value is -1.68.